The number of hydrogen-bond donors (Lipinski definition) is 0. The summed E-state index contributed by atoms with van der Waals surface area (Å²) in [5, 5.41) is 0. The third-order valence-electron chi connectivity index (χ3n) is 4.73. The van der Waals surface area contributed by atoms with Crippen molar-refractivity contribution in [3.63, 3.8) is 0 Å². The molecule has 1 unspecified atom stereocenters. The Balaban J connectivity index is 1.70. The van der Waals surface area contributed by atoms with E-state index < -0.39 is 0 Å². The van der Waals surface area contributed by atoms with Gasteiger partial charge in [-0.1, -0.05) is 20.8 Å². The van der Waals surface area contributed by atoms with E-state index in [-0.39, 0.29) is 17.2 Å². The van der Waals surface area contributed by atoms with Crippen LogP contribution < -0.4 is 4.90 Å². The van der Waals surface area contributed by atoms with Crippen LogP contribution in [0.5, 0.6) is 0 Å². The Hall–Kier alpha value is -1.69. The average molecular weight is 332 g/mol. The van der Waals surface area contributed by atoms with Gasteiger partial charge < -0.3 is 14.5 Å². The van der Waals surface area contributed by atoms with Crippen LogP contribution in [0.1, 0.15) is 39.4 Å². The molecule has 132 valence electrons. The van der Waals surface area contributed by atoms with E-state index in [1.54, 1.807) is 0 Å². The molecule has 2 saturated heterocycles. The summed E-state index contributed by atoms with van der Waals surface area (Å²) < 4.78 is 5.35. The van der Waals surface area contributed by atoms with Crippen LogP contribution >= 0.6 is 0 Å². The summed E-state index contributed by atoms with van der Waals surface area (Å²) in [4.78, 5) is 26.1. The van der Waals surface area contributed by atoms with Gasteiger partial charge in [-0.2, -0.15) is 0 Å². The minimum absolute atomic E-state index is 0.0601. The standard InChI is InChI=1S/C18H28N4O2/c1-18(2,3)17-19-7-6-15(20-17)22-8-4-5-14(13-22)16(23)21-9-11-24-12-10-21/h6-7,14H,4-5,8-13H2,1-3H3. The van der Waals surface area contributed by atoms with Gasteiger partial charge in [0.15, 0.2) is 0 Å². The van der Waals surface area contributed by atoms with E-state index in [9.17, 15) is 4.79 Å². The Bertz CT molecular complexity index is 579. The topological polar surface area (TPSA) is 58.6 Å². The second-order valence-electron chi connectivity index (χ2n) is 7.71. The van der Waals surface area contributed by atoms with Crippen molar-refractivity contribution in [3.8, 4) is 0 Å². The molecule has 3 rings (SSSR count). The summed E-state index contributed by atoms with van der Waals surface area (Å²) >= 11 is 0. The number of morpholine rings is 1. The molecule has 0 radical (unpaired) electrons. The number of carbonyl (C=O) groups is 1. The predicted octanol–water partition coefficient (Wildman–Crippen LogP) is 1.85. The summed E-state index contributed by atoms with van der Waals surface area (Å²) in [6.45, 7) is 10.8. The molecule has 6 nitrogen and oxygen atoms in total. The van der Waals surface area contributed by atoms with Crippen molar-refractivity contribution < 1.29 is 9.53 Å². The van der Waals surface area contributed by atoms with Gasteiger partial charge in [-0.15, -0.1) is 0 Å². The van der Waals surface area contributed by atoms with Gasteiger partial charge in [0.1, 0.15) is 11.6 Å². The van der Waals surface area contributed by atoms with Crippen molar-refractivity contribution in [2.24, 2.45) is 5.92 Å². The highest BCUT2D eigenvalue weighted by Gasteiger charge is 2.31. The summed E-state index contributed by atoms with van der Waals surface area (Å²) in [6, 6.07) is 1.96. The first-order chi connectivity index (χ1) is 11.4. The van der Waals surface area contributed by atoms with Crippen LogP contribution in [-0.4, -0.2) is 60.2 Å². The van der Waals surface area contributed by atoms with Gasteiger partial charge in [-0.3, -0.25) is 4.79 Å². The molecule has 0 spiro atoms. The highest BCUT2D eigenvalue weighted by molar-refractivity contribution is 5.79. The lowest BCUT2D eigenvalue weighted by atomic mass is 9.95. The molecule has 1 aromatic rings. The first kappa shape index (κ1) is 17.1. The number of hydrogen-bond acceptors (Lipinski definition) is 5. The van der Waals surface area contributed by atoms with Gasteiger partial charge >= 0.3 is 0 Å². The number of amides is 1. The number of nitrogens with zero attached hydrogens (tertiary/aromatic N) is 4. The first-order valence-electron chi connectivity index (χ1n) is 8.90. The fraction of sp³-hybridized carbons (Fsp3) is 0.722. The second kappa shape index (κ2) is 7.05. The lowest BCUT2D eigenvalue weighted by Gasteiger charge is -2.37. The van der Waals surface area contributed by atoms with E-state index in [4.69, 9.17) is 9.72 Å². The SMILES string of the molecule is CC(C)(C)c1nccc(N2CCCC(C(=O)N3CCOCC3)C2)n1. The molecule has 6 heteroatoms. The van der Waals surface area contributed by atoms with Gasteiger partial charge in [-0.25, -0.2) is 9.97 Å². The zero-order chi connectivity index (χ0) is 17.2. The first-order valence-corrected chi connectivity index (χ1v) is 8.90. The van der Waals surface area contributed by atoms with Crippen molar-refractivity contribution >= 4 is 11.7 Å². The molecule has 2 fully saturated rings. The Morgan fingerprint density at radius 1 is 1.25 bits per heavy atom. The molecule has 3 heterocycles. The van der Waals surface area contributed by atoms with Gasteiger partial charge in [-0.05, 0) is 18.9 Å². The van der Waals surface area contributed by atoms with E-state index in [1.165, 1.54) is 0 Å². The fourth-order valence-corrected chi connectivity index (χ4v) is 3.32. The summed E-state index contributed by atoms with van der Waals surface area (Å²) in [5.74, 6) is 2.12. The number of rotatable bonds is 2. The summed E-state index contributed by atoms with van der Waals surface area (Å²) in [7, 11) is 0. The van der Waals surface area contributed by atoms with Gasteiger partial charge in [0.05, 0.1) is 19.1 Å². The second-order valence-corrected chi connectivity index (χ2v) is 7.71. The minimum atomic E-state index is -0.0746. The predicted molar refractivity (Wildman–Crippen MR) is 93.1 cm³/mol. The molecule has 2 aliphatic rings. The number of carbonyl (C=O) groups excluding carboxylic acids is 1. The number of piperidine rings is 1. The summed E-state index contributed by atoms with van der Waals surface area (Å²) in [5.41, 5.74) is -0.0746. The quantitative estimate of drug-likeness (QED) is 0.827. The van der Waals surface area contributed by atoms with E-state index in [0.29, 0.717) is 13.2 Å². The lowest BCUT2D eigenvalue weighted by Crippen LogP contribution is -2.48. The fourth-order valence-electron chi connectivity index (χ4n) is 3.32. The van der Waals surface area contributed by atoms with Crippen molar-refractivity contribution in [2.45, 2.75) is 39.0 Å². The third kappa shape index (κ3) is 3.86. The number of ether oxygens (including phenoxy) is 1. The van der Waals surface area contributed by atoms with Gasteiger partial charge in [0.2, 0.25) is 5.91 Å². The van der Waals surface area contributed by atoms with Crippen LogP contribution in [0, 0.1) is 5.92 Å². The minimum Gasteiger partial charge on any atom is -0.378 e. The van der Waals surface area contributed by atoms with Crippen LogP contribution in [0.4, 0.5) is 5.82 Å². The number of anilines is 1. The number of aromatic nitrogens is 2. The van der Waals surface area contributed by atoms with Crippen molar-refractivity contribution in [1.82, 2.24) is 14.9 Å². The third-order valence-corrected chi connectivity index (χ3v) is 4.73. The molecule has 1 amide bonds. The van der Waals surface area contributed by atoms with Crippen LogP contribution in [0.25, 0.3) is 0 Å². The molecule has 0 N–H and O–H groups in total. The molecule has 0 aliphatic carbocycles. The molecule has 0 bridgehead atoms. The van der Waals surface area contributed by atoms with Crippen molar-refractivity contribution in [2.75, 3.05) is 44.3 Å². The maximum Gasteiger partial charge on any atom is 0.227 e. The molecule has 24 heavy (non-hydrogen) atoms. The van der Waals surface area contributed by atoms with Crippen LogP contribution in [0.2, 0.25) is 0 Å². The molecule has 0 aromatic carbocycles. The van der Waals surface area contributed by atoms with E-state index >= 15 is 0 Å². The zero-order valence-corrected chi connectivity index (χ0v) is 15.0. The molecular weight excluding hydrogens is 304 g/mol. The molecule has 2 aliphatic heterocycles. The Morgan fingerprint density at radius 2 is 2.00 bits per heavy atom. The van der Waals surface area contributed by atoms with Crippen molar-refractivity contribution in [3.05, 3.63) is 18.1 Å². The highest BCUT2D eigenvalue weighted by atomic mass is 16.5. The Kier molecular flexibility index (Phi) is 5.04. The lowest BCUT2D eigenvalue weighted by molar-refractivity contribution is -0.139. The van der Waals surface area contributed by atoms with Crippen LogP contribution in [-0.2, 0) is 14.9 Å². The Morgan fingerprint density at radius 3 is 2.71 bits per heavy atom. The van der Waals surface area contributed by atoms with Crippen molar-refractivity contribution in [1.29, 1.82) is 0 Å². The van der Waals surface area contributed by atoms with Crippen LogP contribution in [0.3, 0.4) is 0 Å². The largest absolute Gasteiger partial charge is 0.378 e. The Labute approximate surface area is 144 Å². The normalized spacial score (nSPS) is 22.5. The maximum atomic E-state index is 12.8. The average Bonchev–Trinajstić information content (AvgIpc) is 2.61. The summed E-state index contributed by atoms with van der Waals surface area (Å²) in [6.07, 6.45) is 3.82. The van der Waals surface area contributed by atoms with Gasteiger partial charge in [0, 0.05) is 37.8 Å². The molecular formula is C18H28N4O2. The highest BCUT2D eigenvalue weighted by Crippen LogP contribution is 2.25. The van der Waals surface area contributed by atoms with E-state index in [0.717, 1.165) is 50.7 Å². The van der Waals surface area contributed by atoms with Crippen LogP contribution in [0.15, 0.2) is 12.3 Å². The van der Waals surface area contributed by atoms with E-state index in [1.807, 2.05) is 17.2 Å². The van der Waals surface area contributed by atoms with E-state index in [2.05, 4.69) is 30.7 Å². The zero-order valence-electron chi connectivity index (χ0n) is 15.0. The smallest absolute Gasteiger partial charge is 0.227 e. The van der Waals surface area contributed by atoms with Gasteiger partial charge in [0.25, 0.3) is 0 Å². The molecule has 1 atom stereocenters. The molecule has 0 saturated carbocycles. The molecule has 1 aromatic heterocycles. The maximum absolute atomic E-state index is 12.8. The monoisotopic (exact) mass is 332 g/mol.